The Morgan fingerprint density at radius 3 is 2.59 bits per heavy atom. The van der Waals surface area contributed by atoms with E-state index in [0.29, 0.717) is 16.7 Å². The summed E-state index contributed by atoms with van der Waals surface area (Å²) in [7, 11) is 0. The highest BCUT2D eigenvalue weighted by molar-refractivity contribution is 6.32. The predicted octanol–water partition coefficient (Wildman–Crippen LogP) is 2.33. The molecule has 0 saturated heterocycles. The van der Waals surface area contributed by atoms with Gasteiger partial charge in [-0.3, -0.25) is 0 Å². The maximum atomic E-state index is 5.87. The molecule has 0 radical (unpaired) electrons. The smallest absolute Gasteiger partial charge is 0.164 e. The molecule has 2 aromatic heterocycles. The van der Waals surface area contributed by atoms with Gasteiger partial charge in [0.1, 0.15) is 10.8 Å². The molecule has 90 valence electrons. The highest BCUT2D eigenvalue weighted by Gasteiger charge is 2.10. The van der Waals surface area contributed by atoms with Gasteiger partial charge in [-0.2, -0.15) is 0 Å². The van der Waals surface area contributed by atoms with Crippen molar-refractivity contribution in [3.8, 4) is 5.82 Å². The Balaban J connectivity index is 2.51. The number of anilines is 1. The summed E-state index contributed by atoms with van der Waals surface area (Å²) in [5.41, 5.74) is 6.50. The van der Waals surface area contributed by atoms with Crippen LogP contribution >= 0.6 is 11.6 Å². The van der Waals surface area contributed by atoms with Crippen molar-refractivity contribution in [1.82, 2.24) is 19.7 Å². The minimum atomic E-state index is 0.261. The Bertz CT molecular complexity index is 527. The van der Waals surface area contributed by atoms with Crippen molar-refractivity contribution in [3.63, 3.8) is 0 Å². The molecule has 5 nitrogen and oxygen atoms in total. The zero-order valence-corrected chi connectivity index (χ0v) is 10.7. The van der Waals surface area contributed by atoms with E-state index >= 15 is 0 Å². The van der Waals surface area contributed by atoms with Crippen LogP contribution in [0.4, 0.5) is 5.82 Å². The Labute approximate surface area is 105 Å². The van der Waals surface area contributed by atoms with Crippen LogP contribution in [0.15, 0.2) is 12.3 Å². The Morgan fingerprint density at radius 1 is 1.35 bits per heavy atom. The summed E-state index contributed by atoms with van der Waals surface area (Å²) in [6.07, 6.45) is 1.64. The minimum absolute atomic E-state index is 0.261. The van der Waals surface area contributed by atoms with Gasteiger partial charge < -0.3 is 5.73 Å². The molecule has 2 N–H and O–H groups in total. The monoisotopic (exact) mass is 251 g/mol. The summed E-state index contributed by atoms with van der Waals surface area (Å²) in [5.74, 6) is 2.02. The number of aromatic nitrogens is 4. The van der Waals surface area contributed by atoms with Crippen LogP contribution in [0.5, 0.6) is 0 Å². The van der Waals surface area contributed by atoms with E-state index in [1.165, 1.54) is 0 Å². The Hall–Kier alpha value is -1.62. The van der Waals surface area contributed by atoms with E-state index in [-0.39, 0.29) is 5.92 Å². The average molecular weight is 252 g/mol. The first-order valence-corrected chi connectivity index (χ1v) is 5.71. The van der Waals surface area contributed by atoms with Crippen molar-refractivity contribution in [2.75, 3.05) is 5.73 Å². The number of hydrogen-bond acceptors (Lipinski definition) is 4. The second-order valence-corrected chi connectivity index (χ2v) is 4.59. The first-order valence-electron chi connectivity index (χ1n) is 5.34. The molecular weight excluding hydrogens is 238 g/mol. The van der Waals surface area contributed by atoms with E-state index in [0.717, 1.165) is 11.5 Å². The molecule has 0 aromatic carbocycles. The zero-order valence-electron chi connectivity index (χ0n) is 9.98. The van der Waals surface area contributed by atoms with Gasteiger partial charge >= 0.3 is 0 Å². The summed E-state index contributed by atoms with van der Waals surface area (Å²) < 4.78 is 1.57. The first kappa shape index (κ1) is 11.9. The van der Waals surface area contributed by atoms with Crippen LogP contribution in [0, 0.1) is 6.92 Å². The average Bonchev–Trinajstić information content (AvgIpc) is 2.58. The third-order valence-corrected chi connectivity index (χ3v) is 2.60. The summed E-state index contributed by atoms with van der Waals surface area (Å²) in [4.78, 5) is 8.80. The van der Waals surface area contributed by atoms with E-state index in [1.54, 1.807) is 10.9 Å². The molecule has 0 aliphatic rings. The molecule has 0 amide bonds. The molecule has 0 aliphatic heterocycles. The van der Waals surface area contributed by atoms with Crippen molar-refractivity contribution in [3.05, 3.63) is 28.8 Å². The van der Waals surface area contributed by atoms with E-state index in [2.05, 4.69) is 15.1 Å². The van der Waals surface area contributed by atoms with Gasteiger partial charge in [-0.15, -0.1) is 5.10 Å². The first-order chi connectivity index (χ1) is 7.97. The summed E-state index contributed by atoms with van der Waals surface area (Å²) >= 11 is 5.87. The molecule has 0 unspecified atom stereocenters. The third-order valence-electron chi connectivity index (χ3n) is 2.30. The second kappa shape index (κ2) is 4.33. The van der Waals surface area contributed by atoms with Crippen molar-refractivity contribution in [2.45, 2.75) is 26.7 Å². The minimum Gasteiger partial charge on any atom is -0.381 e. The molecule has 0 spiro atoms. The zero-order chi connectivity index (χ0) is 12.6. The number of nitrogens with two attached hydrogens (primary N) is 1. The normalized spacial score (nSPS) is 11.1. The van der Waals surface area contributed by atoms with E-state index in [9.17, 15) is 0 Å². The third kappa shape index (κ3) is 2.39. The predicted molar refractivity (Wildman–Crippen MR) is 67.4 cm³/mol. The van der Waals surface area contributed by atoms with Crippen molar-refractivity contribution >= 4 is 17.4 Å². The topological polar surface area (TPSA) is 69.6 Å². The Morgan fingerprint density at radius 2 is 2.06 bits per heavy atom. The van der Waals surface area contributed by atoms with Crippen LogP contribution in [-0.4, -0.2) is 19.7 Å². The lowest BCUT2D eigenvalue weighted by Crippen LogP contribution is -2.06. The van der Waals surface area contributed by atoms with Crippen LogP contribution in [-0.2, 0) is 0 Å². The van der Waals surface area contributed by atoms with Gasteiger partial charge in [0.15, 0.2) is 11.6 Å². The van der Waals surface area contributed by atoms with Crippen LogP contribution in [0.1, 0.15) is 31.3 Å². The lowest BCUT2D eigenvalue weighted by molar-refractivity contribution is 0.739. The molecule has 0 fully saturated rings. The number of nitrogen functional groups attached to an aromatic ring is 1. The highest BCUT2D eigenvalue weighted by atomic mass is 35.5. The van der Waals surface area contributed by atoms with Gasteiger partial charge in [0.05, 0.1) is 6.20 Å². The molecule has 0 aliphatic carbocycles. The lowest BCUT2D eigenvalue weighted by Gasteiger charge is -2.07. The van der Waals surface area contributed by atoms with E-state index in [1.807, 2.05) is 26.8 Å². The van der Waals surface area contributed by atoms with Crippen LogP contribution < -0.4 is 5.73 Å². The van der Waals surface area contributed by atoms with Gasteiger partial charge in [0, 0.05) is 17.7 Å². The summed E-state index contributed by atoms with van der Waals surface area (Å²) in [6, 6.07) is 1.84. The number of aryl methyl sites for hydroxylation is 1. The molecule has 2 heterocycles. The van der Waals surface area contributed by atoms with Gasteiger partial charge in [-0.05, 0) is 6.92 Å². The van der Waals surface area contributed by atoms with Gasteiger partial charge in [0.25, 0.3) is 0 Å². The van der Waals surface area contributed by atoms with Crippen molar-refractivity contribution in [2.24, 2.45) is 0 Å². The lowest BCUT2D eigenvalue weighted by atomic mass is 10.2. The SMILES string of the molecule is Cc1cc(-n2cc(Cl)c(N)n2)nc(C(C)C)n1. The number of halogens is 1. The maximum absolute atomic E-state index is 5.87. The molecule has 0 saturated carbocycles. The molecule has 17 heavy (non-hydrogen) atoms. The molecule has 2 rings (SSSR count). The second-order valence-electron chi connectivity index (χ2n) is 4.19. The van der Waals surface area contributed by atoms with Gasteiger partial charge in [0.2, 0.25) is 0 Å². The van der Waals surface area contributed by atoms with Crippen LogP contribution in [0.3, 0.4) is 0 Å². The van der Waals surface area contributed by atoms with Gasteiger partial charge in [-0.1, -0.05) is 25.4 Å². The fraction of sp³-hybridized carbons (Fsp3) is 0.364. The largest absolute Gasteiger partial charge is 0.381 e. The number of hydrogen-bond donors (Lipinski definition) is 1. The van der Waals surface area contributed by atoms with Crippen molar-refractivity contribution in [1.29, 1.82) is 0 Å². The molecule has 6 heteroatoms. The number of nitrogens with zero attached hydrogens (tertiary/aromatic N) is 4. The summed E-state index contributed by atoms with van der Waals surface area (Å²) in [6.45, 7) is 6.01. The molecule has 0 bridgehead atoms. The van der Waals surface area contributed by atoms with E-state index < -0.39 is 0 Å². The maximum Gasteiger partial charge on any atom is 0.164 e. The van der Waals surface area contributed by atoms with Crippen molar-refractivity contribution < 1.29 is 0 Å². The fourth-order valence-corrected chi connectivity index (χ4v) is 1.56. The summed E-state index contributed by atoms with van der Waals surface area (Å²) in [5, 5.41) is 4.52. The fourth-order valence-electron chi connectivity index (χ4n) is 1.43. The number of rotatable bonds is 2. The van der Waals surface area contributed by atoms with Crippen LogP contribution in [0.25, 0.3) is 5.82 Å². The van der Waals surface area contributed by atoms with Gasteiger partial charge in [-0.25, -0.2) is 14.6 Å². The molecular formula is C11H14ClN5. The molecule has 0 atom stereocenters. The highest BCUT2D eigenvalue weighted by Crippen LogP contribution is 2.19. The van der Waals surface area contributed by atoms with E-state index in [4.69, 9.17) is 17.3 Å². The standard InChI is InChI=1S/C11H14ClN5/c1-6(2)11-14-7(3)4-9(15-11)17-5-8(12)10(13)16-17/h4-6H,1-3H3,(H2,13,16). The Kier molecular flexibility index (Phi) is 3.02. The quantitative estimate of drug-likeness (QED) is 0.889. The van der Waals surface area contributed by atoms with Crippen LogP contribution in [0.2, 0.25) is 5.02 Å². The molecule has 2 aromatic rings.